The van der Waals surface area contributed by atoms with Crippen LogP contribution in [0, 0.1) is 0 Å². The Morgan fingerprint density at radius 3 is 2.64 bits per heavy atom. The van der Waals surface area contributed by atoms with Crippen LogP contribution in [0.1, 0.15) is 0 Å². The number of fused-ring (bicyclic) bond motifs is 1. The Bertz CT molecular complexity index is 1210. The number of nitrogens with zero attached hydrogens (tertiary/aromatic N) is 3. The lowest BCUT2D eigenvalue weighted by Crippen LogP contribution is -2.03. The fourth-order valence-electron chi connectivity index (χ4n) is 2.63. The number of H-pyrrole nitrogens is 1. The van der Waals surface area contributed by atoms with Crippen molar-refractivity contribution in [3.63, 3.8) is 0 Å². The fourth-order valence-corrected chi connectivity index (χ4v) is 4.21. The van der Waals surface area contributed by atoms with E-state index in [1.807, 2.05) is 18.2 Å². The van der Waals surface area contributed by atoms with Gasteiger partial charge in [-0.2, -0.15) is 0 Å². The standard InChI is InChI=1S/C18H9Br2ClN4O3/c19-9-3-11(20)16-14(4-9)24-17(25-16)13-2-1-8(6-22-13)15-12(21)5-10(7-23-15)28-18(26)27/h1-7H,(H,24,25)(H,26,27). The van der Waals surface area contributed by atoms with Gasteiger partial charge in [0.25, 0.3) is 0 Å². The summed E-state index contributed by atoms with van der Waals surface area (Å²) in [5, 5.41) is 8.91. The van der Waals surface area contributed by atoms with E-state index in [0.717, 1.165) is 20.0 Å². The molecule has 0 fully saturated rings. The number of pyridine rings is 2. The van der Waals surface area contributed by atoms with E-state index in [9.17, 15) is 4.79 Å². The second-order valence-corrected chi connectivity index (χ2v) is 7.85. The molecule has 3 heterocycles. The molecule has 0 aliphatic rings. The maximum atomic E-state index is 10.6. The molecule has 140 valence electrons. The zero-order valence-electron chi connectivity index (χ0n) is 13.8. The molecule has 0 atom stereocenters. The van der Waals surface area contributed by atoms with Gasteiger partial charge in [-0.25, -0.2) is 9.78 Å². The summed E-state index contributed by atoms with van der Waals surface area (Å²) in [5.41, 5.74) is 3.49. The van der Waals surface area contributed by atoms with Crippen LogP contribution < -0.4 is 4.74 Å². The molecule has 0 saturated heterocycles. The van der Waals surface area contributed by atoms with Crippen molar-refractivity contribution in [3.8, 4) is 28.5 Å². The highest BCUT2D eigenvalue weighted by Crippen LogP contribution is 2.31. The lowest BCUT2D eigenvalue weighted by Gasteiger charge is -2.06. The van der Waals surface area contributed by atoms with E-state index in [2.05, 4.69) is 56.5 Å². The molecule has 4 rings (SSSR count). The van der Waals surface area contributed by atoms with Gasteiger partial charge in [-0.3, -0.25) is 9.97 Å². The molecule has 0 bridgehead atoms. The molecule has 0 aliphatic heterocycles. The molecule has 4 aromatic rings. The van der Waals surface area contributed by atoms with Crippen molar-refractivity contribution in [2.24, 2.45) is 0 Å². The van der Waals surface area contributed by atoms with E-state index in [1.165, 1.54) is 12.3 Å². The number of carboxylic acid groups (broad SMARTS) is 1. The minimum Gasteiger partial charge on any atom is -0.449 e. The van der Waals surface area contributed by atoms with Crippen LogP contribution >= 0.6 is 43.5 Å². The highest BCUT2D eigenvalue weighted by Gasteiger charge is 2.13. The van der Waals surface area contributed by atoms with E-state index in [4.69, 9.17) is 16.7 Å². The van der Waals surface area contributed by atoms with Crippen LogP contribution in [0.2, 0.25) is 5.02 Å². The fraction of sp³-hybridized carbons (Fsp3) is 0. The van der Waals surface area contributed by atoms with Crippen LogP contribution in [0.5, 0.6) is 5.75 Å². The van der Waals surface area contributed by atoms with Gasteiger partial charge in [0.2, 0.25) is 0 Å². The normalized spacial score (nSPS) is 11.0. The van der Waals surface area contributed by atoms with Crippen LogP contribution in [0.25, 0.3) is 33.8 Å². The maximum absolute atomic E-state index is 10.6. The summed E-state index contributed by atoms with van der Waals surface area (Å²) in [6.45, 7) is 0. The quantitative estimate of drug-likeness (QED) is 0.323. The van der Waals surface area contributed by atoms with Gasteiger partial charge in [0.1, 0.15) is 11.2 Å². The largest absolute Gasteiger partial charge is 0.511 e. The minimum atomic E-state index is -1.43. The second kappa shape index (κ2) is 7.50. The first-order valence-electron chi connectivity index (χ1n) is 7.78. The Labute approximate surface area is 180 Å². The number of ether oxygens (including phenoxy) is 1. The zero-order chi connectivity index (χ0) is 19.8. The van der Waals surface area contributed by atoms with Gasteiger partial charge in [0.15, 0.2) is 11.6 Å². The number of carbonyl (C=O) groups is 1. The SMILES string of the molecule is O=C(O)Oc1cnc(-c2ccc(-c3nc4c(Br)cc(Br)cc4[nH]3)nc2)c(Cl)c1. The number of aromatic nitrogens is 4. The lowest BCUT2D eigenvalue weighted by molar-refractivity contribution is 0.144. The van der Waals surface area contributed by atoms with Crippen molar-refractivity contribution in [1.29, 1.82) is 0 Å². The third kappa shape index (κ3) is 3.73. The first-order valence-corrected chi connectivity index (χ1v) is 9.75. The molecule has 0 radical (unpaired) electrons. The van der Waals surface area contributed by atoms with Crippen molar-refractivity contribution in [3.05, 3.63) is 56.7 Å². The lowest BCUT2D eigenvalue weighted by atomic mass is 10.1. The van der Waals surface area contributed by atoms with Crippen molar-refractivity contribution in [1.82, 2.24) is 19.9 Å². The van der Waals surface area contributed by atoms with Crippen LogP contribution in [0.15, 0.2) is 51.7 Å². The zero-order valence-corrected chi connectivity index (χ0v) is 17.7. The highest BCUT2D eigenvalue weighted by molar-refractivity contribution is 9.11. The molecular formula is C18H9Br2ClN4O3. The van der Waals surface area contributed by atoms with Gasteiger partial charge in [0.05, 0.1) is 22.4 Å². The summed E-state index contributed by atoms with van der Waals surface area (Å²) in [6.07, 6.45) is 1.48. The van der Waals surface area contributed by atoms with Crippen LogP contribution in [-0.4, -0.2) is 31.2 Å². The molecule has 0 unspecified atom stereocenters. The molecule has 10 heteroatoms. The number of aromatic amines is 1. The van der Waals surface area contributed by atoms with E-state index >= 15 is 0 Å². The molecule has 3 aromatic heterocycles. The van der Waals surface area contributed by atoms with Crippen LogP contribution in [0.4, 0.5) is 4.79 Å². The van der Waals surface area contributed by atoms with E-state index in [1.54, 1.807) is 12.3 Å². The van der Waals surface area contributed by atoms with Crippen molar-refractivity contribution < 1.29 is 14.6 Å². The Kier molecular flexibility index (Phi) is 5.05. The number of imidazole rings is 1. The smallest absolute Gasteiger partial charge is 0.449 e. The van der Waals surface area contributed by atoms with E-state index < -0.39 is 6.16 Å². The van der Waals surface area contributed by atoms with Gasteiger partial charge in [-0.05, 0) is 40.2 Å². The van der Waals surface area contributed by atoms with Crippen molar-refractivity contribution in [2.75, 3.05) is 0 Å². The molecule has 0 aliphatic carbocycles. The first-order chi connectivity index (χ1) is 13.4. The molecule has 7 nitrogen and oxygen atoms in total. The Hall–Kier alpha value is -2.49. The van der Waals surface area contributed by atoms with Gasteiger partial charge in [-0.15, -0.1) is 0 Å². The van der Waals surface area contributed by atoms with Crippen LogP contribution in [0.3, 0.4) is 0 Å². The first kappa shape index (κ1) is 18.9. The maximum Gasteiger partial charge on any atom is 0.511 e. The summed E-state index contributed by atoms with van der Waals surface area (Å²) in [7, 11) is 0. The number of halogens is 3. The summed E-state index contributed by atoms with van der Waals surface area (Å²) < 4.78 is 6.35. The van der Waals surface area contributed by atoms with Gasteiger partial charge < -0.3 is 14.8 Å². The molecular weight excluding hydrogens is 515 g/mol. The number of rotatable bonds is 3. The second-order valence-electron chi connectivity index (χ2n) is 5.67. The van der Waals surface area contributed by atoms with E-state index in [0.29, 0.717) is 22.8 Å². The average molecular weight is 525 g/mol. The van der Waals surface area contributed by atoms with Crippen molar-refractivity contribution in [2.45, 2.75) is 0 Å². The van der Waals surface area contributed by atoms with Gasteiger partial charge in [-0.1, -0.05) is 27.5 Å². The summed E-state index contributed by atoms with van der Waals surface area (Å²) in [4.78, 5) is 27.0. The topological polar surface area (TPSA) is 101 Å². The average Bonchev–Trinajstić information content (AvgIpc) is 3.06. The third-order valence-electron chi connectivity index (χ3n) is 3.81. The molecule has 0 saturated carbocycles. The number of nitrogens with one attached hydrogen (secondary N) is 1. The third-order valence-corrected chi connectivity index (χ3v) is 5.16. The number of benzene rings is 1. The van der Waals surface area contributed by atoms with Gasteiger partial charge >= 0.3 is 6.16 Å². The summed E-state index contributed by atoms with van der Waals surface area (Å²) >= 11 is 13.2. The van der Waals surface area contributed by atoms with Crippen molar-refractivity contribution >= 4 is 60.6 Å². The Balaban J connectivity index is 1.66. The Morgan fingerprint density at radius 2 is 1.96 bits per heavy atom. The number of hydrogen-bond acceptors (Lipinski definition) is 5. The minimum absolute atomic E-state index is 0.0462. The molecule has 1 aromatic carbocycles. The summed E-state index contributed by atoms with van der Waals surface area (Å²) in [6, 6.07) is 8.87. The molecule has 28 heavy (non-hydrogen) atoms. The van der Waals surface area contributed by atoms with E-state index in [-0.39, 0.29) is 10.8 Å². The Morgan fingerprint density at radius 1 is 1.14 bits per heavy atom. The van der Waals surface area contributed by atoms with Gasteiger partial charge in [0, 0.05) is 26.8 Å². The predicted molar refractivity (Wildman–Crippen MR) is 112 cm³/mol. The molecule has 0 spiro atoms. The molecule has 2 N–H and O–H groups in total. The highest BCUT2D eigenvalue weighted by atomic mass is 79.9. The molecule has 0 amide bonds. The predicted octanol–water partition coefficient (Wildman–Crippen LogP) is 5.92. The monoisotopic (exact) mass is 522 g/mol. The number of hydrogen-bond donors (Lipinski definition) is 2. The van der Waals surface area contributed by atoms with Crippen LogP contribution in [-0.2, 0) is 0 Å². The summed E-state index contributed by atoms with van der Waals surface area (Å²) in [5.74, 6) is 0.675.